The number of rotatable bonds is 3. The number of aromatic hydroxyl groups is 2. The Balaban J connectivity index is 2.17. The first-order valence-corrected chi connectivity index (χ1v) is 5.90. The lowest BCUT2D eigenvalue weighted by Crippen LogP contribution is -2.19. The summed E-state index contributed by atoms with van der Waals surface area (Å²) in [5.74, 6) is 0.0629. The normalized spacial score (nSPS) is 11.4. The number of benzene rings is 1. The number of furan rings is 1. The lowest BCUT2D eigenvalue weighted by atomic mass is 10.1. The molecule has 0 aliphatic rings. The number of phenolic OH excluding ortho intramolecular Hbond substituents is 2. The molecule has 104 valence electrons. The fourth-order valence-corrected chi connectivity index (χ4v) is 1.69. The molecule has 0 unspecified atom stereocenters. The zero-order valence-electron chi connectivity index (χ0n) is 11.0. The molecular weight excluding hydrogens is 260 g/mol. The molecule has 0 aliphatic heterocycles. The molecule has 0 fully saturated rings. The fraction of sp³-hybridized carbons (Fsp3) is 0.143. The van der Waals surface area contributed by atoms with Gasteiger partial charge in [0.25, 0.3) is 5.91 Å². The summed E-state index contributed by atoms with van der Waals surface area (Å²) in [6, 6.07) is 5.62. The molecule has 0 radical (unpaired) electrons. The molecule has 2 aromatic rings. The van der Waals surface area contributed by atoms with Crippen molar-refractivity contribution in [1.29, 1.82) is 0 Å². The van der Waals surface area contributed by atoms with E-state index < -0.39 is 5.91 Å². The van der Waals surface area contributed by atoms with Gasteiger partial charge in [-0.3, -0.25) is 4.79 Å². The second-order valence-corrected chi connectivity index (χ2v) is 4.23. The van der Waals surface area contributed by atoms with Crippen molar-refractivity contribution in [2.75, 3.05) is 0 Å². The van der Waals surface area contributed by atoms with Gasteiger partial charge >= 0.3 is 0 Å². The van der Waals surface area contributed by atoms with Gasteiger partial charge in [0.2, 0.25) is 0 Å². The molecule has 1 aromatic carbocycles. The first kappa shape index (κ1) is 13.7. The minimum atomic E-state index is -0.407. The highest BCUT2D eigenvalue weighted by atomic mass is 16.3. The van der Waals surface area contributed by atoms with Crippen molar-refractivity contribution in [2.45, 2.75) is 13.8 Å². The van der Waals surface area contributed by atoms with Gasteiger partial charge in [-0.25, -0.2) is 5.43 Å². The largest absolute Gasteiger partial charge is 0.508 e. The van der Waals surface area contributed by atoms with Crippen LogP contribution in [-0.4, -0.2) is 21.8 Å². The molecule has 6 heteroatoms. The average molecular weight is 274 g/mol. The van der Waals surface area contributed by atoms with Crippen LogP contribution in [0.4, 0.5) is 0 Å². The van der Waals surface area contributed by atoms with Crippen LogP contribution in [0.2, 0.25) is 0 Å². The Morgan fingerprint density at radius 3 is 2.65 bits per heavy atom. The Hall–Kier alpha value is -2.76. The van der Waals surface area contributed by atoms with Crippen LogP contribution < -0.4 is 5.43 Å². The maximum Gasteiger partial charge on any atom is 0.274 e. The molecular formula is C14H14N2O4. The molecule has 2 rings (SSSR count). The summed E-state index contributed by atoms with van der Waals surface area (Å²) in [7, 11) is 0. The van der Waals surface area contributed by atoms with E-state index in [1.165, 1.54) is 24.5 Å². The SMILES string of the molecule is C/C(=N/NC(=O)c1ccoc1C)c1cc(O)ccc1O. The number of hydrazone groups is 1. The van der Waals surface area contributed by atoms with E-state index in [9.17, 15) is 15.0 Å². The highest BCUT2D eigenvalue weighted by molar-refractivity contribution is 6.03. The molecule has 6 nitrogen and oxygen atoms in total. The van der Waals surface area contributed by atoms with E-state index in [0.717, 1.165) is 0 Å². The number of hydrogen-bond acceptors (Lipinski definition) is 5. The van der Waals surface area contributed by atoms with Gasteiger partial charge in [0.1, 0.15) is 17.3 Å². The first-order chi connectivity index (χ1) is 9.49. The van der Waals surface area contributed by atoms with Gasteiger partial charge in [0.05, 0.1) is 17.5 Å². The van der Waals surface area contributed by atoms with E-state index in [2.05, 4.69) is 10.5 Å². The predicted molar refractivity (Wildman–Crippen MR) is 72.9 cm³/mol. The van der Waals surface area contributed by atoms with Crippen molar-refractivity contribution in [3.63, 3.8) is 0 Å². The molecule has 0 spiro atoms. The Morgan fingerprint density at radius 1 is 1.25 bits per heavy atom. The van der Waals surface area contributed by atoms with Crippen LogP contribution in [0.15, 0.2) is 40.0 Å². The Bertz CT molecular complexity index is 674. The van der Waals surface area contributed by atoms with Crippen LogP contribution in [0.5, 0.6) is 11.5 Å². The first-order valence-electron chi connectivity index (χ1n) is 5.90. The Labute approximate surface area is 115 Å². The summed E-state index contributed by atoms with van der Waals surface area (Å²) in [5.41, 5.74) is 3.47. The van der Waals surface area contributed by atoms with E-state index in [-0.39, 0.29) is 11.5 Å². The number of nitrogens with one attached hydrogen (secondary N) is 1. The molecule has 0 aliphatic carbocycles. The number of carbonyl (C=O) groups excluding carboxylic acids is 1. The van der Waals surface area contributed by atoms with Gasteiger partial charge in [0.15, 0.2) is 0 Å². The predicted octanol–water partition coefficient (Wildman–Crippen LogP) is 2.15. The summed E-state index contributed by atoms with van der Waals surface area (Å²) in [4.78, 5) is 11.8. The van der Waals surface area contributed by atoms with Crippen molar-refractivity contribution in [2.24, 2.45) is 5.10 Å². The maximum atomic E-state index is 11.8. The number of phenols is 2. The van der Waals surface area contributed by atoms with Crippen molar-refractivity contribution in [3.05, 3.63) is 47.4 Å². The van der Waals surface area contributed by atoms with Gasteiger partial charge < -0.3 is 14.6 Å². The van der Waals surface area contributed by atoms with E-state index >= 15 is 0 Å². The molecule has 1 amide bonds. The molecule has 0 saturated carbocycles. The van der Waals surface area contributed by atoms with Crippen molar-refractivity contribution >= 4 is 11.6 Å². The molecule has 3 N–H and O–H groups in total. The summed E-state index contributed by atoms with van der Waals surface area (Å²) in [5, 5.41) is 23.0. The summed E-state index contributed by atoms with van der Waals surface area (Å²) >= 11 is 0. The van der Waals surface area contributed by atoms with Gasteiger partial charge in [-0.05, 0) is 38.1 Å². The van der Waals surface area contributed by atoms with Gasteiger partial charge in [-0.1, -0.05) is 0 Å². The summed E-state index contributed by atoms with van der Waals surface area (Å²) in [6.07, 6.45) is 1.42. The third-order valence-corrected chi connectivity index (χ3v) is 2.80. The number of nitrogens with zero attached hydrogens (tertiary/aromatic N) is 1. The molecule has 1 heterocycles. The standard InChI is InChI=1S/C14H14N2O4/c1-8(12-7-10(17)3-4-13(12)18)15-16-14(19)11-5-6-20-9(11)2/h3-7,17-18H,1-2H3,(H,16,19)/b15-8-. The maximum absolute atomic E-state index is 11.8. The molecule has 0 saturated heterocycles. The van der Waals surface area contributed by atoms with Crippen LogP contribution in [0.25, 0.3) is 0 Å². The van der Waals surface area contributed by atoms with E-state index in [0.29, 0.717) is 22.6 Å². The van der Waals surface area contributed by atoms with Crippen molar-refractivity contribution in [3.8, 4) is 11.5 Å². The number of amides is 1. The van der Waals surface area contributed by atoms with Crippen LogP contribution in [0.1, 0.15) is 28.6 Å². The monoisotopic (exact) mass is 274 g/mol. The Kier molecular flexibility index (Phi) is 3.74. The minimum absolute atomic E-state index is 0.00403. The van der Waals surface area contributed by atoms with Gasteiger partial charge in [0, 0.05) is 5.56 Å². The molecule has 0 bridgehead atoms. The lowest BCUT2D eigenvalue weighted by Gasteiger charge is -2.05. The number of aryl methyl sites for hydroxylation is 1. The van der Waals surface area contributed by atoms with Crippen molar-refractivity contribution < 1.29 is 19.4 Å². The summed E-state index contributed by atoms with van der Waals surface area (Å²) in [6.45, 7) is 3.28. The van der Waals surface area contributed by atoms with Crippen LogP contribution in [-0.2, 0) is 0 Å². The topological polar surface area (TPSA) is 95.1 Å². The third-order valence-electron chi connectivity index (χ3n) is 2.80. The molecule has 20 heavy (non-hydrogen) atoms. The average Bonchev–Trinajstić information content (AvgIpc) is 2.84. The smallest absolute Gasteiger partial charge is 0.274 e. The van der Waals surface area contributed by atoms with Crippen molar-refractivity contribution in [1.82, 2.24) is 5.43 Å². The van der Waals surface area contributed by atoms with Crippen LogP contribution in [0, 0.1) is 6.92 Å². The second kappa shape index (κ2) is 5.48. The fourth-order valence-electron chi connectivity index (χ4n) is 1.69. The third kappa shape index (κ3) is 2.80. The molecule has 1 aromatic heterocycles. The highest BCUT2D eigenvalue weighted by Crippen LogP contribution is 2.22. The number of hydrogen-bond donors (Lipinski definition) is 3. The number of carbonyl (C=O) groups is 1. The molecule has 0 atom stereocenters. The van der Waals surface area contributed by atoms with E-state index in [1.807, 2.05) is 0 Å². The van der Waals surface area contributed by atoms with Crippen LogP contribution in [0.3, 0.4) is 0 Å². The van der Waals surface area contributed by atoms with E-state index in [1.54, 1.807) is 19.9 Å². The minimum Gasteiger partial charge on any atom is -0.508 e. The summed E-state index contributed by atoms with van der Waals surface area (Å²) < 4.78 is 5.03. The zero-order chi connectivity index (χ0) is 14.7. The van der Waals surface area contributed by atoms with Gasteiger partial charge in [-0.15, -0.1) is 0 Å². The highest BCUT2D eigenvalue weighted by Gasteiger charge is 2.11. The zero-order valence-corrected chi connectivity index (χ0v) is 11.0. The second-order valence-electron chi connectivity index (χ2n) is 4.23. The van der Waals surface area contributed by atoms with Gasteiger partial charge in [-0.2, -0.15) is 5.10 Å². The van der Waals surface area contributed by atoms with E-state index in [4.69, 9.17) is 4.42 Å². The van der Waals surface area contributed by atoms with Crippen LogP contribution >= 0.6 is 0 Å². The Morgan fingerprint density at radius 2 is 2.00 bits per heavy atom. The lowest BCUT2D eigenvalue weighted by molar-refractivity contribution is 0.0953. The quantitative estimate of drug-likeness (QED) is 0.454.